The topological polar surface area (TPSA) is 84.9 Å². The van der Waals surface area contributed by atoms with Crippen LogP contribution < -0.4 is 14.8 Å². The van der Waals surface area contributed by atoms with Crippen LogP contribution in [0.25, 0.3) is 0 Å². The van der Waals surface area contributed by atoms with Gasteiger partial charge < -0.3 is 19.9 Å². The minimum atomic E-state index is -0.924. The molecule has 0 saturated carbocycles. The van der Waals surface area contributed by atoms with Gasteiger partial charge in [0.2, 0.25) is 0 Å². The highest BCUT2D eigenvalue weighted by Crippen LogP contribution is 2.42. The fourth-order valence-corrected chi connectivity index (χ4v) is 3.69. The summed E-state index contributed by atoms with van der Waals surface area (Å²) < 4.78 is 11.8. The van der Waals surface area contributed by atoms with Crippen molar-refractivity contribution in [3.63, 3.8) is 0 Å². The molecule has 6 heteroatoms. The van der Waals surface area contributed by atoms with Crippen LogP contribution >= 0.6 is 0 Å². The average Bonchev–Trinajstić information content (AvgIpc) is 2.65. The molecule has 0 aliphatic heterocycles. The van der Waals surface area contributed by atoms with Crippen LogP contribution in [-0.2, 0) is 16.8 Å². The van der Waals surface area contributed by atoms with E-state index in [0.717, 1.165) is 16.7 Å². The molecule has 0 bridgehead atoms. The number of rotatable bonds is 9. The van der Waals surface area contributed by atoms with Crippen LogP contribution in [0.15, 0.2) is 36.4 Å². The summed E-state index contributed by atoms with van der Waals surface area (Å²) in [4.78, 5) is 23.9. The van der Waals surface area contributed by atoms with Crippen molar-refractivity contribution in [3.05, 3.63) is 58.7 Å². The molecule has 0 heterocycles. The average molecular weight is 428 g/mol. The van der Waals surface area contributed by atoms with Crippen molar-refractivity contribution in [1.82, 2.24) is 5.32 Å². The van der Waals surface area contributed by atoms with Gasteiger partial charge in [0, 0.05) is 17.5 Å². The summed E-state index contributed by atoms with van der Waals surface area (Å²) in [5.41, 5.74) is 2.50. The first kappa shape index (κ1) is 24.3. The maximum atomic E-state index is 12.4. The number of hydrogen-bond donors (Lipinski definition) is 2. The van der Waals surface area contributed by atoms with E-state index in [1.54, 1.807) is 6.07 Å². The van der Waals surface area contributed by atoms with E-state index >= 15 is 0 Å². The SMILES string of the molecule is Cc1cc(OC(=O)NCC(C)C)c(C(C)(C)CC(=O)O)c(C)c1OCc1ccccc1. The lowest BCUT2D eigenvalue weighted by molar-refractivity contribution is -0.138. The Morgan fingerprint density at radius 3 is 2.35 bits per heavy atom. The molecule has 0 unspecified atom stereocenters. The largest absolute Gasteiger partial charge is 0.488 e. The summed E-state index contributed by atoms with van der Waals surface area (Å²) in [7, 11) is 0. The molecule has 0 radical (unpaired) electrons. The van der Waals surface area contributed by atoms with Crippen LogP contribution in [-0.4, -0.2) is 23.7 Å². The first-order chi connectivity index (χ1) is 14.5. The smallest absolute Gasteiger partial charge is 0.412 e. The Hall–Kier alpha value is -3.02. The summed E-state index contributed by atoms with van der Waals surface area (Å²) in [5, 5.41) is 12.2. The summed E-state index contributed by atoms with van der Waals surface area (Å²) >= 11 is 0. The zero-order valence-electron chi connectivity index (χ0n) is 19.2. The maximum absolute atomic E-state index is 12.4. The highest BCUT2D eigenvalue weighted by molar-refractivity contribution is 5.74. The Balaban J connectivity index is 2.44. The minimum absolute atomic E-state index is 0.112. The van der Waals surface area contributed by atoms with Gasteiger partial charge >= 0.3 is 12.1 Å². The second kappa shape index (κ2) is 10.3. The van der Waals surface area contributed by atoms with E-state index in [-0.39, 0.29) is 12.3 Å². The number of ether oxygens (including phenoxy) is 2. The molecule has 0 fully saturated rings. The van der Waals surface area contributed by atoms with Gasteiger partial charge in [-0.2, -0.15) is 0 Å². The number of aliphatic carboxylic acids is 1. The number of nitrogens with one attached hydrogen (secondary N) is 1. The van der Waals surface area contributed by atoms with Gasteiger partial charge in [0.05, 0.1) is 6.42 Å². The Labute approximate surface area is 184 Å². The number of hydrogen-bond acceptors (Lipinski definition) is 4. The molecular formula is C25H33NO5. The molecule has 0 saturated heterocycles. The highest BCUT2D eigenvalue weighted by Gasteiger charge is 2.32. The van der Waals surface area contributed by atoms with E-state index in [1.807, 2.05) is 71.9 Å². The lowest BCUT2D eigenvalue weighted by Crippen LogP contribution is -2.32. The Morgan fingerprint density at radius 2 is 1.77 bits per heavy atom. The van der Waals surface area contributed by atoms with Crippen LogP contribution in [0.3, 0.4) is 0 Å². The number of aryl methyl sites for hydroxylation is 1. The molecule has 31 heavy (non-hydrogen) atoms. The molecule has 1 amide bonds. The van der Waals surface area contributed by atoms with Crippen molar-refractivity contribution in [2.45, 2.75) is 60.0 Å². The molecule has 0 aliphatic rings. The lowest BCUT2D eigenvalue weighted by atomic mass is 9.78. The molecule has 6 nitrogen and oxygen atoms in total. The third-order valence-corrected chi connectivity index (χ3v) is 5.02. The predicted molar refractivity (Wildman–Crippen MR) is 121 cm³/mol. The van der Waals surface area contributed by atoms with Gasteiger partial charge in [-0.3, -0.25) is 4.79 Å². The van der Waals surface area contributed by atoms with Crippen molar-refractivity contribution in [2.75, 3.05) is 6.54 Å². The van der Waals surface area contributed by atoms with Gasteiger partial charge in [0.15, 0.2) is 0 Å². The summed E-state index contributed by atoms with van der Waals surface area (Å²) in [6.45, 7) is 12.3. The van der Waals surface area contributed by atoms with Crippen molar-refractivity contribution < 1.29 is 24.2 Å². The number of carbonyl (C=O) groups excluding carboxylic acids is 1. The molecule has 0 spiro atoms. The van der Waals surface area contributed by atoms with E-state index in [2.05, 4.69) is 5.32 Å². The van der Waals surface area contributed by atoms with Crippen molar-refractivity contribution in [2.24, 2.45) is 5.92 Å². The second-order valence-corrected chi connectivity index (χ2v) is 8.91. The zero-order chi connectivity index (χ0) is 23.2. The number of carbonyl (C=O) groups is 2. The molecular weight excluding hydrogens is 394 g/mol. The number of amides is 1. The number of carboxylic acids is 1. The van der Waals surface area contributed by atoms with Crippen LogP contribution in [0, 0.1) is 19.8 Å². The van der Waals surface area contributed by atoms with Crippen molar-refractivity contribution in [1.29, 1.82) is 0 Å². The normalized spacial score (nSPS) is 11.3. The van der Waals surface area contributed by atoms with E-state index in [9.17, 15) is 14.7 Å². The van der Waals surface area contributed by atoms with Gasteiger partial charge in [0.1, 0.15) is 18.1 Å². The summed E-state index contributed by atoms with van der Waals surface area (Å²) in [6.07, 6.45) is -0.670. The third kappa shape index (κ3) is 6.74. The number of benzene rings is 2. The summed E-state index contributed by atoms with van der Waals surface area (Å²) in [6, 6.07) is 11.6. The Kier molecular flexibility index (Phi) is 8.08. The highest BCUT2D eigenvalue weighted by atomic mass is 16.6. The zero-order valence-corrected chi connectivity index (χ0v) is 19.2. The van der Waals surface area contributed by atoms with Gasteiger partial charge in [-0.25, -0.2) is 4.79 Å². The molecule has 2 aromatic rings. The van der Waals surface area contributed by atoms with E-state index in [0.29, 0.717) is 30.2 Å². The predicted octanol–water partition coefficient (Wildman–Crippen LogP) is 5.38. The molecule has 0 atom stereocenters. The van der Waals surface area contributed by atoms with Gasteiger partial charge in [-0.05, 0) is 42.5 Å². The third-order valence-electron chi connectivity index (χ3n) is 5.02. The first-order valence-electron chi connectivity index (χ1n) is 10.5. The van der Waals surface area contributed by atoms with Gasteiger partial charge in [-0.1, -0.05) is 58.0 Å². The summed E-state index contributed by atoms with van der Waals surface area (Å²) in [5.74, 6) is 0.390. The fraction of sp³-hybridized carbons (Fsp3) is 0.440. The maximum Gasteiger partial charge on any atom is 0.412 e. The fourth-order valence-electron chi connectivity index (χ4n) is 3.69. The van der Waals surface area contributed by atoms with Crippen molar-refractivity contribution >= 4 is 12.1 Å². The molecule has 0 aliphatic carbocycles. The molecule has 2 N–H and O–H groups in total. The minimum Gasteiger partial charge on any atom is -0.488 e. The van der Waals surface area contributed by atoms with Crippen LogP contribution in [0.1, 0.15) is 56.4 Å². The monoisotopic (exact) mass is 427 g/mol. The molecule has 2 aromatic carbocycles. The van der Waals surface area contributed by atoms with Gasteiger partial charge in [0.25, 0.3) is 0 Å². The lowest BCUT2D eigenvalue weighted by Gasteiger charge is -2.29. The van der Waals surface area contributed by atoms with E-state index in [1.165, 1.54) is 0 Å². The Morgan fingerprint density at radius 1 is 1.13 bits per heavy atom. The molecule has 0 aromatic heterocycles. The van der Waals surface area contributed by atoms with E-state index in [4.69, 9.17) is 9.47 Å². The Bertz CT molecular complexity index is 919. The van der Waals surface area contributed by atoms with E-state index < -0.39 is 17.5 Å². The van der Waals surface area contributed by atoms with Crippen LogP contribution in [0.4, 0.5) is 4.79 Å². The van der Waals surface area contributed by atoms with Crippen LogP contribution in [0.5, 0.6) is 11.5 Å². The molecule has 168 valence electrons. The quantitative estimate of drug-likeness (QED) is 0.561. The van der Waals surface area contributed by atoms with Crippen LogP contribution in [0.2, 0.25) is 0 Å². The standard InChI is InChI=1S/C25H33NO5/c1-16(2)14-26-24(29)31-20-12-17(3)23(30-15-19-10-8-7-9-11-19)18(4)22(20)25(5,6)13-21(27)28/h7-12,16H,13-15H2,1-6H3,(H,26,29)(H,27,28). The van der Waals surface area contributed by atoms with Gasteiger partial charge in [-0.15, -0.1) is 0 Å². The first-order valence-corrected chi connectivity index (χ1v) is 10.5. The number of carboxylic acid groups (broad SMARTS) is 1. The van der Waals surface area contributed by atoms with Crippen molar-refractivity contribution in [3.8, 4) is 11.5 Å². The second-order valence-electron chi connectivity index (χ2n) is 8.91. The molecule has 2 rings (SSSR count).